The number of aromatic nitrogens is 2. The van der Waals surface area contributed by atoms with Crippen molar-refractivity contribution in [1.82, 2.24) is 9.97 Å². The Balaban J connectivity index is 2.99. The SMILES string of the molecule is COC(=O)C(CC(C)C)Nc1ncnc(Cl)c1C=O. The summed E-state index contributed by atoms with van der Waals surface area (Å²) in [6.45, 7) is 3.95. The van der Waals surface area contributed by atoms with E-state index in [1.807, 2.05) is 13.8 Å². The number of hydrogen-bond acceptors (Lipinski definition) is 6. The van der Waals surface area contributed by atoms with E-state index in [0.29, 0.717) is 12.7 Å². The van der Waals surface area contributed by atoms with Crippen molar-refractivity contribution in [2.75, 3.05) is 12.4 Å². The quantitative estimate of drug-likeness (QED) is 0.489. The van der Waals surface area contributed by atoms with Gasteiger partial charge in [-0.3, -0.25) is 4.79 Å². The summed E-state index contributed by atoms with van der Waals surface area (Å²) in [5.74, 6) is 0.0833. The summed E-state index contributed by atoms with van der Waals surface area (Å²) in [4.78, 5) is 30.3. The van der Waals surface area contributed by atoms with E-state index < -0.39 is 12.0 Å². The van der Waals surface area contributed by atoms with Crippen molar-refractivity contribution < 1.29 is 14.3 Å². The average Bonchev–Trinajstić information content (AvgIpc) is 2.36. The Kier molecular flexibility index (Phi) is 5.69. The van der Waals surface area contributed by atoms with Crippen LogP contribution in [0.3, 0.4) is 0 Å². The Hall–Kier alpha value is -1.69. The number of ether oxygens (including phenoxy) is 1. The van der Waals surface area contributed by atoms with Crippen molar-refractivity contribution in [2.24, 2.45) is 5.92 Å². The summed E-state index contributed by atoms with van der Waals surface area (Å²) < 4.78 is 4.72. The van der Waals surface area contributed by atoms with Crippen LogP contribution in [0.1, 0.15) is 30.6 Å². The number of nitrogens with zero attached hydrogens (tertiary/aromatic N) is 2. The van der Waals surface area contributed by atoms with Crippen LogP contribution < -0.4 is 5.32 Å². The number of aldehydes is 1. The maximum absolute atomic E-state index is 11.7. The van der Waals surface area contributed by atoms with Gasteiger partial charge in [0.25, 0.3) is 0 Å². The summed E-state index contributed by atoms with van der Waals surface area (Å²) in [5.41, 5.74) is 0.127. The maximum atomic E-state index is 11.7. The van der Waals surface area contributed by atoms with Crippen LogP contribution in [0.2, 0.25) is 5.15 Å². The van der Waals surface area contributed by atoms with Crippen LogP contribution in [0.5, 0.6) is 0 Å². The van der Waals surface area contributed by atoms with Crippen LogP contribution in [0.25, 0.3) is 0 Å². The molecule has 6 nitrogen and oxygen atoms in total. The van der Waals surface area contributed by atoms with Gasteiger partial charge in [-0.15, -0.1) is 0 Å². The highest BCUT2D eigenvalue weighted by Crippen LogP contribution is 2.20. The third-order valence-corrected chi connectivity index (χ3v) is 2.76. The van der Waals surface area contributed by atoms with Crippen molar-refractivity contribution in [1.29, 1.82) is 0 Å². The first kappa shape index (κ1) is 15.4. The van der Waals surface area contributed by atoms with Gasteiger partial charge in [0.15, 0.2) is 6.29 Å². The lowest BCUT2D eigenvalue weighted by molar-refractivity contribution is -0.141. The third-order valence-electron chi connectivity index (χ3n) is 2.46. The van der Waals surface area contributed by atoms with E-state index in [1.165, 1.54) is 13.4 Å². The molecule has 0 aliphatic rings. The van der Waals surface area contributed by atoms with E-state index in [1.54, 1.807) is 0 Å². The fraction of sp³-hybridized carbons (Fsp3) is 0.500. The molecule has 1 atom stereocenters. The highest BCUT2D eigenvalue weighted by atomic mass is 35.5. The average molecular weight is 286 g/mol. The molecule has 0 aliphatic heterocycles. The number of carbonyl (C=O) groups excluding carboxylic acids is 2. The Bertz CT molecular complexity index is 466. The predicted octanol–water partition coefficient (Wildman–Crippen LogP) is 1.94. The van der Waals surface area contributed by atoms with E-state index in [-0.39, 0.29) is 22.5 Å². The van der Waals surface area contributed by atoms with Gasteiger partial charge in [-0.05, 0) is 12.3 Å². The van der Waals surface area contributed by atoms with Crippen molar-refractivity contribution in [3.63, 3.8) is 0 Å². The van der Waals surface area contributed by atoms with Crippen LogP contribution >= 0.6 is 11.6 Å². The molecule has 0 saturated heterocycles. The summed E-state index contributed by atoms with van der Waals surface area (Å²) in [6.07, 6.45) is 2.32. The van der Waals surface area contributed by atoms with Crippen molar-refractivity contribution in [2.45, 2.75) is 26.3 Å². The second kappa shape index (κ2) is 7.04. The molecule has 1 aromatic rings. The fourth-order valence-corrected chi connectivity index (χ4v) is 1.76. The summed E-state index contributed by atoms with van der Waals surface area (Å²) >= 11 is 5.79. The van der Waals surface area contributed by atoms with Crippen LogP contribution in [-0.4, -0.2) is 35.4 Å². The molecule has 19 heavy (non-hydrogen) atoms. The van der Waals surface area contributed by atoms with E-state index >= 15 is 0 Å². The highest BCUT2D eigenvalue weighted by Gasteiger charge is 2.22. The summed E-state index contributed by atoms with van der Waals surface area (Å²) in [6, 6.07) is -0.588. The first-order chi connectivity index (χ1) is 8.99. The lowest BCUT2D eigenvalue weighted by atomic mass is 10.0. The molecule has 1 aromatic heterocycles. The van der Waals surface area contributed by atoms with Crippen molar-refractivity contribution in [3.05, 3.63) is 17.0 Å². The second-order valence-corrected chi connectivity index (χ2v) is 4.75. The van der Waals surface area contributed by atoms with Crippen LogP contribution in [0.4, 0.5) is 5.82 Å². The van der Waals surface area contributed by atoms with E-state index in [2.05, 4.69) is 15.3 Å². The first-order valence-electron chi connectivity index (χ1n) is 5.79. The lowest BCUT2D eigenvalue weighted by Crippen LogP contribution is -2.33. The van der Waals surface area contributed by atoms with Gasteiger partial charge in [-0.1, -0.05) is 25.4 Å². The van der Waals surface area contributed by atoms with Crippen molar-refractivity contribution in [3.8, 4) is 0 Å². The standard InChI is InChI=1S/C12H16ClN3O3/c1-7(2)4-9(12(18)19-3)16-11-8(5-17)10(13)14-6-15-11/h5-7,9H,4H2,1-3H3,(H,14,15,16). The molecule has 0 aliphatic carbocycles. The lowest BCUT2D eigenvalue weighted by Gasteiger charge is -2.19. The molecule has 1 heterocycles. The summed E-state index contributed by atoms with van der Waals surface area (Å²) in [7, 11) is 1.31. The monoisotopic (exact) mass is 285 g/mol. The minimum atomic E-state index is -0.588. The molecule has 104 valence electrons. The smallest absolute Gasteiger partial charge is 0.328 e. The van der Waals surface area contributed by atoms with Crippen LogP contribution in [-0.2, 0) is 9.53 Å². The van der Waals surface area contributed by atoms with Gasteiger partial charge in [0.05, 0.1) is 12.7 Å². The van der Waals surface area contributed by atoms with E-state index in [9.17, 15) is 9.59 Å². The molecule has 0 bridgehead atoms. The number of halogens is 1. The third kappa shape index (κ3) is 4.17. The molecule has 0 saturated carbocycles. The maximum Gasteiger partial charge on any atom is 0.328 e. The topological polar surface area (TPSA) is 81.2 Å². The Labute approximate surface area is 116 Å². The normalized spacial score (nSPS) is 12.1. The Morgan fingerprint density at radius 2 is 2.21 bits per heavy atom. The number of carbonyl (C=O) groups is 2. The van der Waals surface area contributed by atoms with E-state index in [0.717, 1.165) is 0 Å². The van der Waals surface area contributed by atoms with Gasteiger partial charge < -0.3 is 10.1 Å². The zero-order valence-corrected chi connectivity index (χ0v) is 11.8. The van der Waals surface area contributed by atoms with E-state index in [4.69, 9.17) is 16.3 Å². The number of rotatable bonds is 6. The van der Waals surface area contributed by atoms with Gasteiger partial charge >= 0.3 is 5.97 Å². The minimum Gasteiger partial charge on any atom is -0.467 e. The molecule has 0 fully saturated rings. The largest absolute Gasteiger partial charge is 0.467 e. The molecule has 0 aromatic carbocycles. The summed E-state index contributed by atoms with van der Waals surface area (Å²) in [5, 5.41) is 2.92. The molecule has 0 radical (unpaired) electrons. The zero-order chi connectivity index (χ0) is 14.4. The van der Waals surface area contributed by atoms with Gasteiger partial charge in [-0.25, -0.2) is 14.8 Å². The number of nitrogens with one attached hydrogen (secondary N) is 1. The number of methoxy groups -OCH3 is 1. The molecule has 1 N–H and O–H groups in total. The van der Waals surface area contributed by atoms with Gasteiger partial charge in [0.2, 0.25) is 0 Å². The number of anilines is 1. The molecule has 0 spiro atoms. The van der Waals surface area contributed by atoms with Crippen LogP contribution in [0.15, 0.2) is 6.33 Å². The molecular weight excluding hydrogens is 270 g/mol. The minimum absolute atomic E-state index is 0.0423. The molecule has 0 amide bonds. The molecule has 7 heteroatoms. The van der Waals surface area contributed by atoms with Gasteiger partial charge in [-0.2, -0.15) is 0 Å². The molecular formula is C12H16ClN3O3. The molecule has 1 unspecified atom stereocenters. The van der Waals surface area contributed by atoms with Crippen LogP contribution in [0, 0.1) is 5.92 Å². The second-order valence-electron chi connectivity index (χ2n) is 4.39. The fourth-order valence-electron chi connectivity index (χ4n) is 1.59. The molecule has 1 rings (SSSR count). The predicted molar refractivity (Wildman–Crippen MR) is 71.3 cm³/mol. The number of hydrogen-bond donors (Lipinski definition) is 1. The Morgan fingerprint density at radius 1 is 1.53 bits per heavy atom. The zero-order valence-electron chi connectivity index (χ0n) is 11.0. The Morgan fingerprint density at radius 3 is 2.74 bits per heavy atom. The van der Waals surface area contributed by atoms with Gasteiger partial charge in [0.1, 0.15) is 23.3 Å². The first-order valence-corrected chi connectivity index (χ1v) is 6.17. The highest BCUT2D eigenvalue weighted by molar-refractivity contribution is 6.32. The van der Waals surface area contributed by atoms with Gasteiger partial charge in [0, 0.05) is 0 Å². The number of esters is 1. The van der Waals surface area contributed by atoms with Crippen molar-refractivity contribution >= 4 is 29.7 Å².